The van der Waals surface area contributed by atoms with Gasteiger partial charge in [0.1, 0.15) is 18.1 Å². The van der Waals surface area contributed by atoms with Gasteiger partial charge in [-0.1, -0.05) is 0 Å². The SMILES string of the molecule is CC(=O)c1ccc(OCCN(C)C)c(C)c1O. The zero-order valence-corrected chi connectivity index (χ0v) is 10.8. The van der Waals surface area contributed by atoms with E-state index in [4.69, 9.17) is 4.74 Å². The zero-order valence-electron chi connectivity index (χ0n) is 10.8. The van der Waals surface area contributed by atoms with Crippen molar-refractivity contribution in [3.8, 4) is 11.5 Å². The Bertz CT molecular complexity index is 413. The number of carbonyl (C=O) groups excluding carboxylic acids is 1. The third kappa shape index (κ3) is 3.46. The van der Waals surface area contributed by atoms with Crippen LogP contribution in [0.2, 0.25) is 0 Å². The Morgan fingerprint density at radius 2 is 2.06 bits per heavy atom. The highest BCUT2D eigenvalue weighted by Crippen LogP contribution is 2.30. The number of likely N-dealkylation sites (N-methyl/N-ethyl adjacent to an activating group) is 1. The number of aromatic hydroxyl groups is 1. The van der Waals surface area contributed by atoms with E-state index in [2.05, 4.69) is 0 Å². The van der Waals surface area contributed by atoms with Crippen molar-refractivity contribution < 1.29 is 14.6 Å². The van der Waals surface area contributed by atoms with Crippen molar-refractivity contribution in [2.24, 2.45) is 0 Å². The molecule has 1 rings (SSSR count). The van der Waals surface area contributed by atoms with E-state index in [-0.39, 0.29) is 11.5 Å². The summed E-state index contributed by atoms with van der Waals surface area (Å²) in [5.41, 5.74) is 0.943. The number of rotatable bonds is 5. The number of hydrogen-bond acceptors (Lipinski definition) is 4. The summed E-state index contributed by atoms with van der Waals surface area (Å²) in [6, 6.07) is 3.32. The molecule has 0 saturated heterocycles. The number of ether oxygens (including phenoxy) is 1. The number of phenolic OH excluding ortho intramolecular Hbond substituents is 1. The monoisotopic (exact) mass is 237 g/mol. The van der Waals surface area contributed by atoms with Crippen LogP contribution in [0.4, 0.5) is 0 Å². The van der Waals surface area contributed by atoms with E-state index in [0.717, 1.165) is 6.54 Å². The van der Waals surface area contributed by atoms with Gasteiger partial charge in [-0.3, -0.25) is 4.79 Å². The van der Waals surface area contributed by atoms with Gasteiger partial charge in [0.05, 0.1) is 5.56 Å². The minimum absolute atomic E-state index is 0.0138. The molecule has 4 nitrogen and oxygen atoms in total. The van der Waals surface area contributed by atoms with Gasteiger partial charge in [0.25, 0.3) is 0 Å². The second kappa shape index (κ2) is 5.68. The second-order valence-corrected chi connectivity index (χ2v) is 4.29. The largest absolute Gasteiger partial charge is 0.507 e. The molecular weight excluding hydrogens is 218 g/mol. The number of Topliss-reactive ketones (excluding diaryl/α,β-unsaturated/α-hetero) is 1. The van der Waals surface area contributed by atoms with E-state index < -0.39 is 0 Å². The fourth-order valence-electron chi connectivity index (χ4n) is 1.46. The predicted octanol–water partition coefficient (Wildman–Crippen LogP) is 1.84. The first-order valence-electron chi connectivity index (χ1n) is 5.54. The van der Waals surface area contributed by atoms with Crippen LogP contribution in [0.1, 0.15) is 22.8 Å². The molecule has 0 spiro atoms. The van der Waals surface area contributed by atoms with Crippen LogP contribution in [0.15, 0.2) is 12.1 Å². The Balaban J connectivity index is 2.82. The average Bonchev–Trinajstić information content (AvgIpc) is 2.23. The highest BCUT2D eigenvalue weighted by molar-refractivity contribution is 5.97. The maximum Gasteiger partial charge on any atom is 0.163 e. The fraction of sp³-hybridized carbons (Fsp3) is 0.462. The number of carbonyl (C=O) groups is 1. The molecule has 0 heterocycles. The molecular formula is C13H19NO3. The maximum atomic E-state index is 11.2. The van der Waals surface area contributed by atoms with Gasteiger partial charge in [0.2, 0.25) is 0 Å². The molecule has 94 valence electrons. The van der Waals surface area contributed by atoms with Gasteiger partial charge in [-0.15, -0.1) is 0 Å². The lowest BCUT2D eigenvalue weighted by atomic mass is 10.1. The van der Waals surface area contributed by atoms with E-state index in [1.807, 2.05) is 19.0 Å². The molecule has 0 aliphatic rings. The van der Waals surface area contributed by atoms with Gasteiger partial charge >= 0.3 is 0 Å². The Hall–Kier alpha value is -1.55. The van der Waals surface area contributed by atoms with Crippen molar-refractivity contribution >= 4 is 5.78 Å². The van der Waals surface area contributed by atoms with Crippen LogP contribution in [0.25, 0.3) is 0 Å². The van der Waals surface area contributed by atoms with Crippen LogP contribution < -0.4 is 4.74 Å². The second-order valence-electron chi connectivity index (χ2n) is 4.29. The number of ketones is 1. The first-order valence-corrected chi connectivity index (χ1v) is 5.54. The van der Waals surface area contributed by atoms with Crippen LogP contribution in [0.5, 0.6) is 11.5 Å². The standard InChI is InChI=1S/C13H19NO3/c1-9-12(17-8-7-14(3)4)6-5-11(10(2)15)13(9)16/h5-6,16H,7-8H2,1-4H3. The smallest absolute Gasteiger partial charge is 0.163 e. The van der Waals surface area contributed by atoms with E-state index in [9.17, 15) is 9.90 Å². The van der Waals surface area contributed by atoms with Gasteiger partial charge in [-0.25, -0.2) is 0 Å². The van der Waals surface area contributed by atoms with Crippen molar-refractivity contribution in [3.05, 3.63) is 23.3 Å². The molecule has 0 saturated carbocycles. The summed E-state index contributed by atoms with van der Waals surface area (Å²) in [6.45, 7) is 4.52. The first-order chi connectivity index (χ1) is 7.93. The lowest BCUT2D eigenvalue weighted by Gasteiger charge is -2.14. The highest BCUT2D eigenvalue weighted by atomic mass is 16.5. The molecule has 1 N–H and O–H groups in total. The van der Waals surface area contributed by atoms with Crippen LogP contribution >= 0.6 is 0 Å². The molecule has 0 aliphatic carbocycles. The first kappa shape index (κ1) is 13.5. The van der Waals surface area contributed by atoms with E-state index >= 15 is 0 Å². The summed E-state index contributed by atoms with van der Waals surface area (Å²) >= 11 is 0. The molecule has 1 aromatic carbocycles. The predicted molar refractivity (Wildman–Crippen MR) is 66.9 cm³/mol. The molecule has 0 bridgehead atoms. The summed E-state index contributed by atoms with van der Waals surface area (Å²) < 4.78 is 5.55. The summed E-state index contributed by atoms with van der Waals surface area (Å²) in [4.78, 5) is 13.2. The van der Waals surface area contributed by atoms with Crippen LogP contribution in [-0.4, -0.2) is 43.0 Å². The summed E-state index contributed by atoms with van der Waals surface area (Å²) in [5.74, 6) is 0.486. The van der Waals surface area contributed by atoms with E-state index in [0.29, 0.717) is 23.5 Å². The van der Waals surface area contributed by atoms with Gasteiger partial charge in [0.15, 0.2) is 5.78 Å². The van der Waals surface area contributed by atoms with Gasteiger partial charge in [-0.2, -0.15) is 0 Å². The quantitative estimate of drug-likeness (QED) is 0.794. The number of benzene rings is 1. The third-order valence-electron chi connectivity index (χ3n) is 2.56. The Kier molecular flexibility index (Phi) is 4.52. The third-order valence-corrected chi connectivity index (χ3v) is 2.56. The molecule has 0 amide bonds. The van der Waals surface area contributed by atoms with Crippen LogP contribution in [-0.2, 0) is 0 Å². The van der Waals surface area contributed by atoms with Gasteiger partial charge < -0.3 is 14.7 Å². The topological polar surface area (TPSA) is 49.8 Å². The molecule has 4 heteroatoms. The molecule has 0 fully saturated rings. The average molecular weight is 237 g/mol. The molecule has 0 unspecified atom stereocenters. The lowest BCUT2D eigenvalue weighted by Crippen LogP contribution is -2.19. The van der Waals surface area contributed by atoms with Crippen LogP contribution in [0.3, 0.4) is 0 Å². The highest BCUT2D eigenvalue weighted by Gasteiger charge is 2.12. The van der Waals surface area contributed by atoms with Crippen molar-refractivity contribution in [2.45, 2.75) is 13.8 Å². The summed E-state index contributed by atoms with van der Waals surface area (Å²) in [6.07, 6.45) is 0. The summed E-state index contributed by atoms with van der Waals surface area (Å²) in [5, 5.41) is 9.85. The number of phenols is 1. The van der Waals surface area contributed by atoms with Gasteiger partial charge in [0, 0.05) is 12.1 Å². The van der Waals surface area contributed by atoms with Crippen molar-refractivity contribution in [1.82, 2.24) is 4.90 Å². The lowest BCUT2D eigenvalue weighted by molar-refractivity contribution is 0.101. The van der Waals surface area contributed by atoms with Crippen molar-refractivity contribution in [3.63, 3.8) is 0 Å². The Morgan fingerprint density at radius 1 is 1.41 bits per heavy atom. The van der Waals surface area contributed by atoms with Gasteiger partial charge in [-0.05, 0) is 40.1 Å². The molecule has 0 atom stereocenters. The molecule has 0 radical (unpaired) electrons. The zero-order chi connectivity index (χ0) is 13.0. The molecule has 0 aliphatic heterocycles. The molecule has 17 heavy (non-hydrogen) atoms. The van der Waals surface area contributed by atoms with Crippen LogP contribution in [0, 0.1) is 6.92 Å². The molecule has 0 aromatic heterocycles. The minimum atomic E-state index is -0.148. The fourth-order valence-corrected chi connectivity index (χ4v) is 1.46. The normalized spacial score (nSPS) is 10.6. The Morgan fingerprint density at radius 3 is 2.59 bits per heavy atom. The maximum absolute atomic E-state index is 11.2. The molecule has 1 aromatic rings. The van der Waals surface area contributed by atoms with E-state index in [1.54, 1.807) is 19.1 Å². The summed E-state index contributed by atoms with van der Waals surface area (Å²) in [7, 11) is 3.93. The Labute approximate surface area is 102 Å². The van der Waals surface area contributed by atoms with Crippen molar-refractivity contribution in [2.75, 3.05) is 27.2 Å². The number of nitrogens with zero attached hydrogens (tertiary/aromatic N) is 1. The van der Waals surface area contributed by atoms with E-state index in [1.165, 1.54) is 6.92 Å². The minimum Gasteiger partial charge on any atom is -0.507 e. The van der Waals surface area contributed by atoms with Crippen molar-refractivity contribution in [1.29, 1.82) is 0 Å². The number of hydrogen-bond donors (Lipinski definition) is 1.